The van der Waals surface area contributed by atoms with E-state index in [0.29, 0.717) is 5.92 Å². The Morgan fingerprint density at radius 1 is 0.778 bits per heavy atom. The molecular weight excluding hydrogens is 224 g/mol. The molecule has 1 fully saturated rings. The van der Waals surface area contributed by atoms with Crippen LogP contribution < -0.4 is 0 Å². The van der Waals surface area contributed by atoms with Crippen molar-refractivity contribution in [1.82, 2.24) is 0 Å². The molecule has 1 unspecified atom stereocenters. The average molecular weight is 256 g/mol. The molecule has 0 radical (unpaired) electrons. The molecule has 1 atom stereocenters. The van der Waals surface area contributed by atoms with Crippen LogP contribution in [0.1, 0.15) is 75.2 Å². The molecule has 0 bridgehead atoms. The first kappa shape index (κ1) is 16.0. The third-order valence-electron chi connectivity index (χ3n) is 4.02. The van der Waals surface area contributed by atoms with Crippen LogP contribution >= 0.6 is 0 Å². The Labute approximate surface area is 113 Å². The maximum absolute atomic E-state index is 5.90. The molecule has 1 aliphatic rings. The monoisotopic (exact) mass is 256 g/mol. The third kappa shape index (κ3) is 3.48. The van der Waals surface area contributed by atoms with Crippen LogP contribution in [0.4, 0.5) is 0 Å². The molecule has 18 heavy (non-hydrogen) atoms. The summed E-state index contributed by atoms with van der Waals surface area (Å²) in [5.41, 5.74) is 0.0293. The van der Waals surface area contributed by atoms with Gasteiger partial charge in [-0.2, -0.15) is 0 Å². The van der Waals surface area contributed by atoms with Crippen LogP contribution in [-0.2, 0) is 9.78 Å². The van der Waals surface area contributed by atoms with E-state index in [4.69, 9.17) is 9.78 Å². The summed E-state index contributed by atoms with van der Waals surface area (Å²) >= 11 is 0. The summed E-state index contributed by atoms with van der Waals surface area (Å²) in [6, 6.07) is 0. The minimum Gasteiger partial charge on any atom is -0.230 e. The molecule has 0 aromatic rings. The van der Waals surface area contributed by atoms with Gasteiger partial charge in [-0.25, -0.2) is 9.78 Å². The van der Waals surface area contributed by atoms with Crippen LogP contribution in [0.25, 0.3) is 0 Å². The maximum Gasteiger partial charge on any atom is 0.105 e. The third-order valence-corrected chi connectivity index (χ3v) is 4.02. The van der Waals surface area contributed by atoms with Gasteiger partial charge in [0.25, 0.3) is 0 Å². The van der Waals surface area contributed by atoms with E-state index in [1.807, 2.05) is 0 Å². The molecule has 0 N–H and O–H groups in total. The van der Waals surface area contributed by atoms with Gasteiger partial charge in [0, 0.05) is 5.92 Å². The molecule has 1 aliphatic heterocycles. The zero-order valence-corrected chi connectivity index (χ0v) is 13.8. The molecule has 0 aromatic carbocycles. The average Bonchev–Trinajstić information content (AvgIpc) is 2.06. The zero-order chi connectivity index (χ0) is 14.4. The summed E-state index contributed by atoms with van der Waals surface area (Å²) in [6.07, 6.45) is 2.10. The Kier molecular flexibility index (Phi) is 3.98. The highest BCUT2D eigenvalue weighted by molar-refractivity contribution is 4.98. The maximum atomic E-state index is 5.90. The molecule has 2 nitrogen and oxygen atoms in total. The quantitative estimate of drug-likeness (QED) is 0.616. The largest absolute Gasteiger partial charge is 0.230 e. The molecule has 2 heteroatoms. The Morgan fingerprint density at radius 2 is 1.22 bits per heavy atom. The van der Waals surface area contributed by atoms with Crippen LogP contribution in [0, 0.1) is 16.7 Å². The molecule has 0 aromatic heterocycles. The first-order chi connectivity index (χ1) is 7.78. The van der Waals surface area contributed by atoms with Crippen molar-refractivity contribution in [1.29, 1.82) is 0 Å². The first-order valence-corrected chi connectivity index (χ1v) is 7.15. The Morgan fingerprint density at radius 3 is 1.50 bits per heavy atom. The van der Waals surface area contributed by atoms with Gasteiger partial charge >= 0.3 is 0 Å². The van der Waals surface area contributed by atoms with Crippen molar-refractivity contribution >= 4 is 0 Å². The smallest absolute Gasteiger partial charge is 0.105 e. The molecule has 0 saturated carbocycles. The van der Waals surface area contributed by atoms with E-state index >= 15 is 0 Å². The SMILES string of the molecule is CC1(C)CCC(C)(C(C(C)(C)C)C(C)(C)C)OO1. The van der Waals surface area contributed by atoms with E-state index < -0.39 is 0 Å². The minimum absolute atomic E-state index is 0.153. The molecule has 0 amide bonds. The van der Waals surface area contributed by atoms with Crippen molar-refractivity contribution in [2.24, 2.45) is 16.7 Å². The van der Waals surface area contributed by atoms with Gasteiger partial charge < -0.3 is 0 Å². The van der Waals surface area contributed by atoms with Gasteiger partial charge in [0.05, 0.1) is 5.60 Å². The summed E-state index contributed by atoms with van der Waals surface area (Å²) < 4.78 is 0. The van der Waals surface area contributed by atoms with Gasteiger partial charge in [0.1, 0.15) is 5.60 Å². The van der Waals surface area contributed by atoms with E-state index in [-0.39, 0.29) is 22.0 Å². The fourth-order valence-corrected chi connectivity index (χ4v) is 4.16. The van der Waals surface area contributed by atoms with Crippen LogP contribution in [0.3, 0.4) is 0 Å². The predicted octanol–water partition coefficient (Wildman–Crippen LogP) is 4.97. The van der Waals surface area contributed by atoms with Gasteiger partial charge in [0.15, 0.2) is 0 Å². The molecule has 1 rings (SSSR count). The molecular formula is C16H32O2. The lowest BCUT2D eigenvalue weighted by atomic mass is 9.58. The highest BCUT2D eigenvalue weighted by atomic mass is 17.2. The summed E-state index contributed by atoms with van der Waals surface area (Å²) in [5.74, 6) is 0.439. The van der Waals surface area contributed by atoms with E-state index in [2.05, 4.69) is 62.3 Å². The van der Waals surface area contributed by atoms with Crippen molar-refractivity contribution in [3.05, 3.63) is 0 Å². The van der Waals surface area contributed by atoms with Crippen molar-refractivity contribution in [3.8, 4) is 0 Å². The minimum atomic E-state index is -0.202. The predicted molar refractivity (Wildman–Crippen MR) is 76.3 cm³/mol. The Bertz CT molecular complexity index is 267. The number of hydrogen-bond acceptors (Lipinski definition) is 2. The van der Waals surface area contributed by atoms with Gasteiger partial charge in [-0.1, -0.05) is 41.5 Å². The second-order valence-corrected chi connectivity index (χ2v) is 8.90. The van der Waals surface area contributed by atoms with Gasteiger partial charge in [0.2, 0.25) is 0 Å². The first-order valence-electron chi connectivity index (χ1n) is 7.15. The lowest BCUT2D eigenvalue weighted by Gasteiger charge is -2.53. The molecule has 0 spiro atoms. The van der Waals surface area contributed by atoms with Crippen LogP contribution in [0.2, 0.25) is 0 Å². The van der Waals surface area contributed by atoms with Crippen molar-refractivity contribution in [2.75, 3.05) is 0 Å². The van der Waals surface area contributed by atoms with Crippen molar-refractivity contribution in [2.45, 2.75) is 86.4 Å². The van der Waals surface area contributed by atoms with Crippen LogP contribution in [0.5, 0.6) is 0 Å². The topological polar surface area (TPSA) is 18.5 Å². The lowest BCUT2D eigenvalue weighted by Crippen LogP contribution is -2.54. The van der Waals surface area contributed by atoms with Gasteiger partial charge in [-0.15, -0.1) is 0 Å². The fourth-order valence-electron chi connectivity index (χ4n) is 4.16. The molecule has 108 valence electrons. The lowest BCUT2D eigenvalue weighted by molar-refractivity contribution is -0.447. The Hall–Kier alpha value is -0.0800. The van der Waals surface area contributed by atoms with E-state index in [9.17, 15) is 0 Å². The van der Waals surface area contributed by atoms with Gasteiger partial charge in [-0.3, -0.25) is 0 Å². The summed E-state index contributed by atoms with van der Waals surface area (Å²) in [4.78, 5) is 11.5. The van der Waals surface area contributed by atoms with E-state index in [0.717, 1.165) is 12.8 Å². The van der Waals surface area contributed by atoms with Crippen LogP contribution in [0.15, 0.2) is 0 Å². The van der Waals surface area contributed by atoms with Crippen molar-refractivity contribution < 1.29 is 9.78 Å². The normalized spacial score (nSPS) is 29.7. The second kappa shape index (κ2) is 4.49. The number of hydrogen-bond donors (Lipinski definition) is 0. The molecule has 1 saturated heterocycles. The fraction of sp³-hybridized carbons (Fsp3) is 1.00. The van der Waals surface area contributed by atoms with E-state index in [1.54, 1.807) is 0 Å². The zero-order valence-electron chi connectivity index (χ0n) is 13.8. The molecule has 1 heterocycles. The highest BCUT2D eigenvalue weighted by Gasteiger charge is 2.52. The standard InChI is InChI=1S/C16H32O2/c1-13(2,3)12(14(4,5)6)16(9)11-10-15(7,8)17-18-16/h12H,10-11H2,1-9H3. The molecule has 0 aliphatic carbocycles. The summed E-state index contributed by atoms with van der Waals surface area (Å²) in [6.45, 7) is 20.2. The Balaban J connectivity index is 3.01. The summed E-state index contributed by atoms with van der Waals surface area (Å²) in [7, 11) is 0. The second-order valence-electron chi connectivity index (χ2n) is 8.90. The number of rotatable bonds is 1. The van der Waals surface area contributed by atoms with Crippen molar-refractivity contribution in [3.63, 3.8) is 0 Å². The summed E-state index contributed by atoms with van der Waals surface area (Å²) in [5, 5.41) is 0. The van der Waals surface area contributed by atoms with E-state index in [1.165, 1.54) is 0 Å². The van der Waals surface area contributed by atoms with Crippen LogP contribution in [-0.4, -0.2) is 11.2 Å². The highest BCUT2D eigenvalue weighted by Crippen LogP contribution is 2.52. The van der Waals surface area contributed by atoms with Gasteiger partial charge in [-0.05, 0) is 44.4 Å².